The Morgan fingerprint density at radius 3 is 2.33 bits per heavy atom. The number of halogens is 1. The molecule has 0 aliphatic heterocycles. The second-order valence-electron chi connectivity index (χ2n) is 3.95. The van der Waals surface area contributed by atoms with Crippen LogP contribution in [-0.2, 0) is 20.9 Å². The summed E-state index contributed by atoms with van der Waals surface area (Å²) in [5, 5.41) is 2.42. The van der Waals surface area contributed by atoms with Crippen molar-refractivity contribution in [3.05, 3.63) is 34.6 Å². The van der Waals surface area contributed by atoms with E-state index in [1.165, 1.54) is 0 Å². The molecule has 4 nitrogen and oxygen atoms in total. The molecule has 1 aromatic carbocycles. The molecule has 0 saturated heterocycles. The summed E-state index contributed by atoms with van der Waals surface area (Å²) in [6.07, 6.45) is 0. The summed E-state index contributed by atoms with van der Waals surface area (Å²) in [5.74, 6) is -1.96. The van der Waals surface area contributed by atoms with Crippen LogP contribution >= 0.6 is 0 Å². The molecule has 0 bridgehead atoms. The maximum atomic E-state index is 13.4. The first-order valence-electron chi connectivity index (χ1n) is 5.66. The van der Waals surface area contributed by atoms with Crippen LogP contribution in [0.3, 0.4) is 0 Å². The van der Waals surface area contributed by atoms with Crippen LogP contribution in [0, 0.1) is 19.7 Å². The van der Waals surface area contributed by atoms with Crippen molar-refractivity contribution < 1.29 is 18.7 Å². The maximum Gasteiger partial charge on any atom is 0.396 e. The zero-order valence-corrected chi connectivity index (χ0v) is 10.7. The van der Waals surface area contributed by atoms with E-state index >= 15 is 0 Å². The normalized spacial score (nSPS) is 10.0. The van der Waals surface area contributed by atoms with Gasteiger partial charge >= 0.3 is 11.9 Å². The molecular formula is C13H16FNO3. The Kier molecular flexibility index (Phi) is 4.83. The van der Waals surface area contributed by atoms with Gasteiger partial charge in [-0.15, -0.1) is 0 Å². The fourth-order valence-electron chi connectivity index (χ4n) is 1.59. The lowest BCUT2D eigenvalue weighted by atomic mass is 10.1. The fourth-order valence-corrected chi connectivity index (χ4v) is 1.59. The van der Waals surface area contributed by atoms with Crippen LogP contribution in [-0.4, -0.2) is 18.5 Å². The molecule has 1 aromatic rings. The average Bonchev–Trinajstić information content (AvgIpc) is 2.33. The molecule has 1 rings (SSSR count). The van der Waals surface area contributed by atoms with E-state index in [1.54, 1.807) is 32.9 Å². The van der Waals surface area contributed by atoms with Crippen LogP contribution in [0.5, 0.6) is 0 Å². The number of aryl methyl sites for hydroxylation is 2. The van der Waals surface area contributed by atoms with Crippen molar-refractivity contribution in [1.82, 2.24) is 5.32 Å². The van der Waals surface area contributed by atoms with Crippen molar-refractivity contribution in [2.45, 2.75) is 27.3 Å². The van der Waals surface area contributed by atoms with Gasteiger partial charge in [-0.3, -0.25) is 4.79 Å². The Morgan fingerprint density at radius 1 is 1.28 bits per heavy atom. The molecule has 0 atom stereocenters. The van der Waals surface area contributed by atoms with Crippen LogP contribution < -0.4 is 5.32 Å². The number of hydrogen-bond donors (Lipinski definition) is 1. The summed E-state index contributed by atoms with van der Waals surface area (Å²) in [6, 6.07) is 3.27. The summed E-state index contributed by atoms with van der Waals surface area (Å²) >= 11 is 0. The molecule has 98 valence electrons. The first-order valence-corrected chi connectivity index (χ1v) is 5.66. The summed E-state index contributed by atoms with van der Waals surface area (Å²) < 4.78 is 17.9. The molecule has 0 spiro atoms. The monoisotopic (exact) mass is 253 g/mol. The second kappa shape index (κ2) is 6.14. The van der Waals surface area contributed by atoms with E-state index in [4.69, 9.17) is 0 Å². The Labute approximate surface area is 105 Å². The van der Waals surface area contributed by atoms with E-state index in [1.807, 2.05) is 0 Å². The number of carbonyl (C=O) groups excluding carboxylic acids is 2. The second-order valence-corrected chi connectivity index (χ2v) is 3.95. The van der Waals surface area contributed by atoms with Gasteiger partial charge < -0.3 is 10.1 Å². The standard InChI is InChI=1S/C13H16FNO3/c1-4-18-13(17)12(16)15-7-10-5-8(2)11(14)9(3)6-10/h5-6H,4,7H2,1-3H3,(H,15,16). The molecule has 0 radical (unpaired) electrons. The van der Waals surface area contributed by atoms with Gasteiger partial charge in [-0.05, 0) is 37.5 Å². The van der Waals surface area contributed by atoms with E-state index in [9.17, 15) is 14.0 Å². The molecule has 0 fully saturated rings. The van der Waals surface area contributed by atoms with Crippen molar-refractivity contribution >= 4 is 11.9 Å². The summed E-state index contributed by atoms with van der Waals surface area (Å²) in [6.45, 7) is 5.25. The van der Waals surface area contributed by atoms with Crippen LogP contribution in [0.4, 0.5) is 4.39 Å². The molecule has 18 heavy (non-hydrogen) atoms. The summed E-state index contributed by atoms with van der Waals surface area (Å²) in [4.78, 5) is 22.3. The average molecular weight is 253 g/mol. The Bertz CT molecular complexity index is 448. The van der Waals surface area contributed by atoms with E-state index in [-0.39, 0.29) is 19.0 Å². The number of nitrogens with one attached hydrogen (secondary N) is 1. The number of benzene rings is 1. The third-order valence-electron chi connectivity index (χ3n) is 2.41. The molecule has 1 amide bonds. The summed E-state index contributed by atoms with van der Waals surface area (Å²) in [7, 11) is 0. The molecule has 0 aromatic heterocycles. The fraction of sp³-hybridized carbons (Fsp3) is 0.385. The van der Waals surface area contributed by atoms with Crippen LogP contribution in [0.1, 0.15) is 23.6 Å². The molecule has 5 heteroatoms. The molecule has 0 aliphatic carbocycles. The Morgan fingerprint density at radius 2 is 1.83 bits per heavy atom. The van der Waals surface area contributed by atoms with Gasteiger partial charge in [-0.2, -0.15) is 0 Å². The predicted octanol–water partition coefficient (Wildman–Crippen LogP) is 1.62. The number of hydrogen-bond acceptors (Lipinski definition) is 3. The minimum atomic E-state index is -0.909. The molecule has 0 aliphatic rings. The van der Waals surface area contributed by atoms with Crippen LogP contribution in [0.15, 0.2) is 12.1 Å². The highest BCUT2D eigenvalue weighted by molar-refractivity contribution is 6.32. The van der Waals surface area contributed by atoms with E-state index in [2.05, 4.69) is 10.1 Å². The van der Waals surface area contributed by atoms with Gasteiger partial charge in [0.15, 0.2) is 0 Å². The molecule has 1 N–H and O–H groups in total. The largest absolute Gasteiger partial charge is 0.459 e. The lowest BCUT2D eigenvalue weighted by Crippen LogP contribution is -2.32. The molecular weight excluding hydrogens is 237 g/mol. The predicted molar refractivity (Wildman–Crippen MR) is 64.4 cm³/mol. The van der Waals surface area contributed by atoms with Gasteiger partial charge in [-0.25, -0.2) is 9.18 Å². The first kappa shape index (κ1) is 14.2. The molecule has 0 unspecified atom stereocenters. The Hall–Kier alpha value is -1.91. The Balaban J connectivity index is 2.64. The van der Waals surface area contributed by atoms with Crippen molar-refractivity contribution in [3.8, 4) is 0 Å². The number of rotatable bonds is 3. The highest BCUT2D eigenvalue weighted by Gasteiger charge is 2.14. The van der Waals surface area contributed by atoms with Crippen molar-refractivity contribution in [1.29, 1.82) is 0 Å². The van der Waals surface area contributed by atoms with Gasteiger partial charge in [0, 0.05) is 6.54 Å². The van der Waals surface area contributed by atoms with Crippen molar-refractivity contribution in [3.63, 3.8) is 0 Å². The van der Waals surface area contributed by atoms with Gasteiger partial charge in [-0.1, -0.05) is 12.1 Å². The quantitative estimate of drug-likeness (QED) is 0.658. The van der Waals surface area contributed by atoms with E-state index < -0.39 is 11.9 Å². The first-order chi connectivity index (χ1) is 8.45. The maximum absolute atomic E-state index is 13.4. The minimum Gasteiger partial charge on any atom is -0.459 e. The minimum absolute atomic E-state index is 0.154. The zero-order chi connectivity index (χ0) is 13.7. The summed E-state index contributed by atoms with van der Waals surface area (Å²) in [5.41, 5.74) is 1.76. The van der Waals surface area contributed by atoms with E-state index in [0.29, 0.717) is 11.1 Å². The number of carbonyl (C=O) groups is 2. The smallest absolute Gasteiger partial charge is 0.396 e. The zero-order valence-electron chi connectivity index (χ0n) is 10.7. The molecule has 0 heterocycles. The van der Waals surface area contributed by atoms with Gasteiger partial charge in [0.25, 0.3) is 0 Å². The number of amides is 1. The van der Waals surface area contributed by atoms with E-state index in [0.717, 1.165) is 5.56 Å². The number of ether oxygens (including phenoxy) is 1. The topological polar surface area (TPSA) is 55.4 Å². The highest BCUT2D eigenvalue weighted by Crippen LogP contribution is 2.14. The van der Waals surface area contributed by atoms with Gasteiger partial charge in [0.2, 0.25) is 0 Å². The SMILES string of the molecule is CCOC(=O)C(=O)NCc1cc(C)c(F)c(C)c1. The lowest BCUT2D eigenvalue weighted by molar-refractivity contribution is -0.154. The molecule has 0 saturated carbocycles. The van der Waals surface area contributed by atoms with Crippen molar-refractivity contribution in [2.75, 3.05) is 6.61 Å². The highest BCUT2D eigenvalue weighted by atomic mass is 19.1. The van der Waals surface area contributed by atoms with Crippen molar-refractivity contribution in [2.24, 2.45) is 0 Å². The number of esters is 1. The van der Waals surface area contributed by atoms with Gasteiger partial charge in [0.05, 0.1) is 6.61 Å². The van der Waals surface area contributed by atoms with Crippen LogP contribution in [0.25, 0.3) is 0 Å². The lowest BCUT2D eigenvalue weighted by Gasteiger charge is -2.08. The van der Waals surface area contributed by atoms with Crippen LogP contribution in [0.2, 0.25) is 0 Å². The third-order valence-corrected chi connectivity index (χ3v) is 2.41. The third kappa shape index (κ3) is 3.55. The van der Waals surface area contributed by atoms with Gasteiger partial charge in [0.1, 0.15) is 5.82 Å².